The number of nitriles is 1. The number of hydrogen-bond donors (Lipinski definition) is 1. The molecule has 2 nitrogen and oxygen atoms in total. The zero-order valence-electron chi connectivity index (χ0n) is 8.20. The summed E-state index contributed by atoms with van der Waals surface area (Å²) in [6, 6.07) is 7.35. The van der Waals surface area contributed by atoms with Gasteiger partial charge in [-0.15, -0.1) is 24.2 Å². The van der Waals surface area contributed by atoms with Gasteiger partial charge < -0.3 is 0 Å². The molecule has 0 aliphatic carbocycles. The van der Waals surface area contributed by atoms with E-state index in [-0.39, 0.29) is 12.2 Å². The number of nitrogens with zero attached hydrogens (tertiary/aromatic N) is 1. The average molecular weight is 240 g/mol. The molecule has 0 radical (unpaired) electrons. The molecule has 1 rings (SSSR count). The van der Waals surface area contributed by atoms with E-state index < -0.39 is 5.38 Å². The third-order valence-corrected chi connectivity index (χ3v) is 3.03. The van der Waals surface area contributed by atoms with Crippen molar-refractivity contribution in [1.82, 2.24) is 0 Å². The molecule has 1 atom stereocenters. The Kier molecular flexibility index (Phi) is 4.19. The minimum Gasteiger partial charge on any atom is -0.298 e. The first-order valence-corrected chi connectivity index (χ1v) is 5.28. The molecule has 0 saturated carbocycles. The SMILES string of the molecule is CC(=O)C(Cl)c1cccc(S)c1CC#N. The van der Waals surface area contributed by atoms with Crippen LogP contribution < -0.4 is 0 Å². The topological polar surface area (TPSA) is 40.9 Å². The van der Waals surface area contributed by atoms with Gasteiger partial charge >= 0.3 is 0 Å². The molecule has 0 aliphatic heterocycles. The van der Waals surface area contributed by atoms with Gasteiger partial charge in [-0.25, -0.2) is 0 Å². The fourth-order valence-corrected chi connectivity index (χ4v) is 1.82. The molecule has 0 aromatic heterocycles. The van der Waals surface area contributed by atoms with E-state index in [0.29, 0.717) is 10.5 Å². The van der Waals surface area contributed by atoms with Crippen molar-refractivity contribution < 1.29 is 4.79 Å². The van der Waals surface area contributed by atoms with Gasteiger partial charge in [0.2, 0.25) is 0 Å². The van der Waals surface area contributed by atoms with Gasteiger partial charge in [0.25, 0.3) is 0 Å². The molecule has 15 heavy (non-hydrogen) atoms. The van der Waals surface area contributed by atoms with Crippen LogP contribution in [-0.2, 0) is 11.2 Å². The number of halogens is 1. The van der Waals surface area contributed by atoms with Gasteiger partial charge in [0, 0.05) is 4.90 Å². The maximum absolute atomic E-state index is 11.2. The van der Waals surface area contributed by atoms with Gasteiger partial charge in [-0.05, 0) is 24.1 Å². The number of carbonyl (C=O) groups excluding carboxylic acids is 1. The molecular weight excluding hydrogens is 230 g/mol. The van der Waals surface area contributed by atoms with E-state index in [4.69, 9.17) is 16.9 Å². The third kappa shape index (κ3) is 2.74. The van der Waals surface area contributed by atoms with Gasteiger partial charge in [-0.3, -0.25) is 4.79 Å². The molecule has 1 aromatic carbocycles. The molecule has 78 valence electrons. The second-order valence-electron chi connectivity index (χ2n) is 3.15. The smallest absolute Gasteiger partial charge is 0.152 e. The minimum absolute atomic E-state index is 0.130. The van der Waals surface area contributed by atoms with Crippen LogP contribution in [-0.4, -0.2) is 5.78 Å². The van der Waals surface area contributed by atoms with Crippen LogP contribution in [0.3, 0.4) is 0 Å². The summed E-state index contributed by atoms with van der Waals surface area (Å²) in [6.45, 7) is 1.43. The lowest BCUT2D eigenvalue weighted by Gasteiger charge is -2.12. The predicted octanol–water partition coefficient (Wildman–Crippen LogP) is 2.91. The maximum atomic E-state index is 11.2. The molecule has 0 aliphatic rings. The van der Waals surface area contributed by atoms with Crippen molar-refractivity contribution in [2.75, 3.05) is 0 Å². The molecule has 0 fully saturated rings. The van der Waals surface area contributed by atoms with Crippen LogP contribution in [0.1, 0.15) is 23.4 Å². The lowest BCUT2D eigenvalue weighted by Crippen LogP contribution is -2.05. The van der Waals surface area contributed by atoms with Crippen molar-refractivity contribution >= 4 is 30.0 Å². The van der Waals surface area contributed by atoms with Crippen LogP contribution in [0.25, 0.3) is 0 Å². The number of benzene rings is 1. The highest BCUT2D eigenvalue weighted by molar-refractivity contribution is 7.80. The zero-order valence-corrected chi connectivity index (χ0v) is 9.85. The van der Waals surface area contributed by atoms with Crippen molar-refractivity contribution in [2.24, 2.45) is 0 Å². The Hall–Kier alpha value is -0.980. The first-order valence-electron chi connectivity index (χ1n) is 4.40. The maximum Gasteiger partial charge on any atom is 0.152 e. The van der Waals surface area contributed by atoms with E-state index in [9.17, 15) is 4.79 Å². The van der Waals surface area contributed by atoms with E-state index in [2.05, 4.69) is 12.6 Å². The Labute approximate surface area is 99.3 Å². The molecule has 0 bridgehead atoms. The Morgan fingerprint density at radius 3 is 2.87 bits per heavy atom. The molecule has 0 heterocycles. The molecule has 0 spiro atoms. The second kappa shape index (κ2) is 5.20. The molecular formula is C11H10ClNOS. The van der Waals surface area contributed by atoms with Crippen LogP contribution in [0.15, 0.2) is 23.1 Å². The van der Waals surface area contributed by atoms with Crippen LogP contribution in [0, 0.1) is 11.3 Å². The quantitative estimate of drug-likeness (QED) is 0.651. The van der Waals surface area contributed by atoms with Gasteiger partial charge in [0.05, 0.1) is 12.5 Å². The normalized spacial score (nSPS) is 11.9. The number of rotatable bonds is 3. The molecule has 0 amide bonds. The first-order chi connectivity index (χ1) is 7.07. The summed E-state index contributed by atoms with van der Waals surface area (Å²) >= 11 is 10.2. The standard InChI is InChI=1S/C11H10ClNOS/c1-7(14)11(12)9-3-2-4-10(15)8(9)5-6-13/h2-4,11,15H,5H2,1H3. The van der Waals surface area contributed by atoms with Crippen LogP contribution in [0.5, 0.6) is 0 Å². The second-order valence-corrected chi connectivity index (χ2v) is 4.07. The van der Waals surface area contributed by atoms with Crippen molar-refractivity contribution in [3.63, 3.8) is 0 Å². The van der Waals surface area contributed by atoms with E-state index in [1.807, 2.05) is 6.07 Å². The monoisotopic (exact) mass is 239 g/mol. The third-order valence-electron chi connectivity index (χ3n) is 2.07. The summed E-state index contributed by atoms with van der Waals surface area (Å²) in [5, 5.41) is 7.98. The number of Topliss-reactive ketones (excluding diaryl/α,β-unsaturated/α-hetero) is 1. The minimum atomic E-state index is -0.694. The molecule has 1 aromatic rings. The fourth-order valence-electron chi connectivity index (χ4n) is 1.32. The molecule has 0 saturated heterocycles. The van der Waals surface area contributed by atoms with Crippen LogP contribution in [0.4, 0.5) is 0 Å². The van der Waals surface area contributed by atoms with Crippen LogP contribution >= 0.6 is 24.2 Å². The zero-order chi connectivity index (χ0) is 11.4. The van der Waals surface area contributed by atoms with Crippen molar-refractivity contribution in [1.29, 1.82) is 5.26 Å². The highest BCUT2D eigenvalue weighted by Crippen LogP contribution is 2.29. The molecule has 0 N–H and O–H groups in total. The summed E-state index contributed by atoms with van der Waals surface area (Å²) in [7, 11) is 0. The van der Waals surface area contributed by atoms with Gasteiger partial charge in [-0.1, -0.05) is 12.1 Å². The average Bonchev–Trinajstić information content (AvgIpc) is 2.20. The van der Waals surface area contributed by atoms with E-state index in [1.54, 1.807) is 18.2 Å². The summed E-state index contributed by atoms with van der Waals surface area (Å²) < 4.78 is 0. The number of carbonyl (C=O) groups is 1. The highest BCUT2D eigenvalue weighted by Gasteiger charge is 2.17. The van der Waals surface area contributed by atoms with Gasteiger partial charge in [0.15, 0.2) is 5.78 Å². The Morgan fingerprint density at radius 2 is 2.33 bits per heavy atom. The lowest BCUT2D eigenvalue weighted by atomic mass is 10.0. The Balaban J connectivity index is 3.23. The number of alkyl halides is 1. The van der Waals surface area contributed by atoms with E-state index in [0.717, 1.165) is 5.56 Å². The van der Waals surface area contributed by atoms with Crippen molar-refractivity contribution in [2.45, 2.75) is 23.6 Å². The first kappa shape index (κ1) is 12.1. The Bertz CT molecular complexity index is 425. The van der Waals surface area contributed by atoms with E-state index in [1.165, 1.54) is 6.92 Å². The van der Waals surface area contributed by atoms with Crippen LogP contribution in [0.2, 0.25) is 0 Å². The number of hydrogen-bond acceptors (Lipinski definition) is 3. The number of ketones is 1. The number of thiol groups is 1. The molecule has 4 heteroatoms. The summed E-state index contributed by atoms with van der Waals surface area (Å²) in [5.74, 6) is -0.130. The summed E-state index contributed by atoms with van der Waals surface area (Å²) in [6.07, 6.45) is 0.214. The van der Waals surface area contributed by atoms with E-state index >= 15 is 0 Å². The summed E-state index contributed by atoms with van der Waals surface area (Å²) in [5.41, 5.74) is 1.41. The lowest BCUT2D eigenvalue weighted by molar-refractivity contribution is -0.116. The fraction of sp³-hybridized carbons (Fsp3) is 0.273. The molecule has 1 unspecified atom stereocenters. The van der Waals surface area contributed by atoms with Gasteiger partial charge in [-0.2, -0.15) is 5.26 Å². The Morgan fingerprint density at radius 1 is 1.67 bits per heavy atom. The highest BCUT2D eigenvalue weighted by atomic mass is 35.5. The van der Waals surface area contributed by atoms with Crippen molar-refractivity contribution in [3.05, 3.63) is 29.3 Å². The van der Waals surface area contributed by atoms with Gasteiger partial charge in [0.1, 0.15) is 5.38 Å². The largest absolute Gasteiger partial charge is 0.298 e. The van der Waals surface area contributed by atoms with Crippen molar-refractivity contribution in [3.8, 4) is 6.07 Å². The predicted molar refractivity (Wildman–Crippen MR) is 62.3 cm³/mol. The summed E-state index contributed by atoms with van der Waals surface area (Å²) in [4.78, 5) is 11.9.